The lowest BCUT2D eigenvalue weighted by Gasteiger charge is -2.28. The number of non-ortho nitro benzene ring substituents is 1. The highest BCUT2D eigenvalue weighted by molar-refractivity contribution is 7.92. The smallest absolute Gasteiger partial charge is 0.271 e. The number of nitro groups is 1. The summed E-state index contributed by atoms with van der Waals surface area (Å²) in [6.07, 6.45) is 1.44. The van der Waals surface area contributed by atoms with Crippen molar-refractivity contribution in [1.29, 1.82) is 0 Å². The molecular weight excluding hydrogens is 394 g/mol. The molecule has 1 amide bonds. The van der Waals surface area contributed by atoms with E-state index < -0.39 is 20.9 Å². The number of hydrogen-bond donors (Lipinski definition) is 1. The van der Waals surface area contributed by atoms with Gasteiger partial charge in [0.1, 0.15) is 0 Å². The van der Waals surface area contributed by atoms with Crippen LogP contribution in [0.3, 0.4) is 0 Å². The lowest BCUT2D eigenvalue weighted by molar-refractivity contribution is -0.384. The number of carbonyl (C=O) groups excluding carboxylic acids is 1. The second-order valence-electron chi connectivity index (χ2n) is 6.02. The van der Waals surface area contributed by atoms with Gasteiger partial charge < -0.3 is 5.32 Å². The summed E-state index contributed by atoms with van der Waals surface area (Å²) < 4.78 is 25.6. The van der Waals surface area contributed by atoms with Gasteiger partial charge in [-0.3, -0.25) is 19.2 Å². The molecule has 1 heterocycles. The molecule has 0 unspecified atom stereocenters. The molecule has 1 aliphatic rings. The summed E-state index contributed by atoms with van der Waals surface area (Å²) in [4.78, 5) is 22.5. The zero-order valence-electron chi connectivity index (χ0n) is 14.1. The molecule has 8 nitrogen and oxygen atoms in total. The monoisotopic (exact) mass is 409 g/mol. The zero-order chi connectivity index (χ0) is 19.6. The Hall–Kier alpha value is -2.65. The zero-order valence-corrected chi connectivity index (χ0v) is 15.7. The summed E-state index contributed by atoms with van der Waals surface area (Å²) in [5.41, 5.74) is 0.891. The number of carbonyl (C=O) groups is 1. The van der Waals surface area contributed by atoms with E-state index in [0.717, 1.165) is 12.5 Å². The van der Waals surface area contributed by atoms with Crippen molar-refractivity contribution in [2.24, 2.45) is 0 Å². The van der Waals surface area contributed by atoms with Crippen LogP contribution in [0.25, 0.3) is 0 Å². The Morgan fingerprint density at radius 1 is 1.15 bits per heavy atom. The standard InChI is InChI=1S/C17H16ClN3O5S/c18-15-11-14(21(23)24)7-8-16(15)19-17(22)12-3-5-13(6-4-12)20-9-1-2-10-27(20,25)26/h3-8,11H,1-2,9-10H2,(H,19,22). The Bertz CT molecular complexity index is 992. The molecule has 10 heteroatoms. The molecule has 0 aliphatic carbocycles. The van der Waals surface area contributed by atoms with Crippen LogP contribution in [0.4, 0.5) is 17.1 Å². The van der Waals surface area contributed by atoms with Crippen molar-refractivity contribution in [3.05, 3.63) is 63.2 Å². The van der Waals surface area contributed by atoms with E-state index in [1.54, 1.807) is 12.1 Å². The predicted octanol–water partition coefficient (Wildman–Crippen LogP) is 3.43. The number of sulfonamides is 1. The maximum atomic E-state index is 12.4. The minimum atomic E-state index is -3.31. The molecule has 0 bridgehead atoms. The molecule has 3 rings (SSSR count). The average Bonchev–Trinajstić information content (AvgIpc) is 2.63. The van der Waals surface area contributed by atoms with Crippen LogP contribution < -0.4 is 9.62 Å². The van der Waals surface area contributed by atoms with E-state index in [9.17, 15) is 23.3 Å². The molecule has 0 aromatic heterocycles. The predicted molar refractivity (Wildman–Crippen MR) is 103 cm³/mol. The van der Waals surface area contributed by atoms with E-state index in [2.05, 4.69) is 5.32 Å². The van der Waals surface area contributed by atoms with E-state index in [1.807, 2.05) is 0 Å². The van der Waals surface area contributed by atoms with Gasteiger partial charge in [0.15, 0.2) is 0 Å². The molecule has 2 aromatic rings. The lowest BCUT2D eigenvalue weighted by atomic mass is 10.2. The van der Waals surface area contributed by atoms with Gasteiger partial charge in [-0.05, 0) is 43.2 Å². The summed E-state index contributed by atoms with van der Waals surface area (Å²) in [6.45, 7) is 0.423. The molecule has 2 aromatic carbocycles. The molecule has 0 spiro atoms. The second kappa shape index (κ2) is 7.53. The molecule has 0 radical (unpaired) electrons. The third kappa shape index (κ3) is 4.20. The van der Waals surface area contributed by atoms with Crippen LogP contribution in [0.1, 0.15) is 23.2 Å². The minimum Gasteiger partial charge on any atom is -0.321 e. The number of rotatable bonds is 4. The van der Waals surface area contributed by atoms with E-state index in [0.29, 0.717) is 24.2 Å². The number of nitrogens with one attached hydrogen (secondary N) is 1. The first-order chi connectivity index (χ1) is 12.8. The number of benzene rings is 2. The SMILES string of the molecule is O=C(Nc1ccc([N+](=O)[O-])cc1Cl)c1ccc(N2CCCCS2(=O)=O)cc1. The Kier molecular flexibility index (Phi) is 5.33. The van der Waals surface area contributed by atoms with Gasteiger partial charge in [0, 0.05) is 24.2 Å². The summed E-state index contributed by atoms with van der Waals surface area (Å²) in [5, 5.41) is 13.4. The average molecular weight is 410 g/mol. The van der Waals surface area contributed by atoms with Crippen molar-refractivity contribution in [3.8, 4) is 0 Å². The van der Waals surface area contributed by atoms with E-state index in [4.69, 9.17) is 11.6 Å². The summed E-state index contributed by atoms with van der Waals surface area (Å²) >= 11 is 5.97. The van der Waals surface area contributed by atoms with Crippen LogP contribution in [0.15, 0.2) is 42.5 Å². The highest BCUT2D eigenvalue weighted by Crippen LogP contribution is 2.28. The van der Waals surface area contributed by atoms with Gasteiger partial charge in [0.25, 0.3) is 11.6 Å². The molecule has 1 aliphatic heterocycles. The van der Waals surface area contributed by atoms with Gasteiger partial charge in [-0.25, -0.2) is 8.42 Å². The summed E-state index contributed by atoms with van der Waals surface area (Å²) in [5.74, 6) is -0.341. The van der Waals surface area contributed by atoms with Crippen LogP contribution in [-0.4, -0.2) is 31.5 Å². The first kappa shape index (κ1) is 19.1. The number of halogens is 1. The molecule has 1 N–H and O–H groups in total. The van der Waals surface area contributed by atoms with Crippen molar-refractivity contribution in [1.82, 2.24) is 0 Å². The Balaban J connectivity index is 1.75. The first-order valence-corrected chi connectivity index (χ1v) is 10.1. The third-order valence-corrected chi connectivity index (χ3v) is 6.36. The van der Waals surface area contributed by atoms with Crippen LogP contribution in [-0.2, 0) is 10.0 Å². The van der Waals surface area contributed by atoms with Crippen molar-refractivity contribution < 1.29 is 18.1 Å². The van der Waals surface area contributed by atoms with Crippen molar-refractivity contribution >= 4 is 44.6 Å². The number of nitro benzene ring substituents is 1. The highest BCUT2D eigenvalue weighted by atomic mass is 35.5. The summed E-state index contributed by atoms with van der Waals surface area (Å²) in [6, 6.07) is 9.95. The van der Waals surface area contributed by atoms with Crippen molar-refractivity contribution in [2.45, 2.75) is 12.8 Å². The molecule has 1 saturated heterocycles. The third-order valence-electron chi connectivity index (χ3n) is 4.18. The van der Waals surface area contributed by atoms with Gasteiger partial charge in [-0.15, -0.1) is 0 Å². The van der Waals surface area contributed by atoms with Crippen LogP contribution in [0.2, 0.25) is 5.02 Å². The maximum Gasteiger partial charge on any atom is 0.271 e. The van der Waals surface area contributed by atoms with Crippen molar-refractivity contribution in [3.63, 3.8) is 0 Å². The van der Waals surface area contributed by atoms with Crippen LogP contribution >= 0.6 is 11.6 Å². The Morgan fingerprint density at radius 2 is 1.85 bits per heavy atom. The molecular formula is C17H16ClN3O5S. The fourth-order valence-electron chi connectivity index (χ4n) is 2.77. The van der Waals surface area contributed by atoms with Gasteiger partial charge in [0.05, 0.1) is 27.1 Å². The first-order valence-electron chi connectivity index (χ1n) is 8.14. The van der Waals surface area contributed by atoms with Gasteiger partial charge >= 0.3 is 0 Å². The molecule has 0 atom stereocenters. The molecule has 1 fully saturated rings. The second-order valence-corrected chi connectivity index (χ2v) is 8.44. The van der Waals surface area contributed by atoms with Gasteiger partial charge in [0.2, 0.25) is 10.0 Å². The lowest BCUT2D eigenvalue weighted by Crippen LogP contribution is -2.37. The topological polar surface area (TPSA) is 110 Å². The largest absolute Gasteiger partial charge is 0.321 e. The molecule has 0 saturated carbocycles. The normalized spacial score (nSPS) is 16.0. The van der Waals surface area contributed by atoms with Gasteiger partial charge in [-0.1, -0.05) is 11.6 Å². The van der Waals surface area contributed by atoms with Crippen LogP contribution in [0.5, 0.6) is 0 Å². The highest BCUT2D eigenvalue weighted by Gasteiger charge is 2.26. The summed E-state index contributed by atoms with van der Waals surface area (Å²) in [7, 11) is -3.31. The minimum absolute atomic E-state index is 0.0496. The fraction of sp³-hybridized carbons (Fsp3) is 0.235. The van der Waals surface area contributed by atoms with E-state index in [-0.39, 0.29) is 22.2 Å². The Morgan fingerprint density at radius 3 is 2.44 bits per heavy atom. The maximum absolute atomic E-state index is 12.4. The number of amides is 1. The van der Waals surface area contributed by atoms with Crippen molar-refractivity contribution in [2.75, 3.05) is 21.9 Å². The molecule has 142 valence electrons. The number of nitrogens with zero attached hydrogens (tertiary/aromatic N) is 2. The van der Waals surface area contributed by atoms with Crippen LogP contribution in [0, 0.1) is 10.1 Å². The fourth-order valence-corrected chi connectivity index (χ4v) is 4.63. The van der Waals surface area contributed by atoms with Gasteiger partial charge in [-0.2, -0.15) is 0 Å². The quantitative estimate of drug-likeness (QED) is 0.614. The number of hydrogen-bond acceptors (Lipinski definition) is 5. The van der Waals surface area contributed by atoms with E-state index in [1.165, 1.54) is 28.6 Å². The van der Waals surface area contributed by atoms with E-state index >= 15 is 0 Å². The Labute approximate surface area is 160 Å². The molecule has 27 heavy (non-hydrogen) atoms. The number of anilines is 2.